The van der Waals surface area contributed by atoms with E-state index in [0.717, 1.165) is 28.2 Å². The number of aryl methyl sites for hydroxylation is 3. The van der Waals surface area contributed by atoms with Gasteiger partial charge in [-0.3, -0.25) is 4.79 Å². The van der Waals surface area contributed by atoms with E-state index in [2.05, 4.69) is 27.0 Å². The van der Waals surface area contributed by atoms with Gasteiger partial charge in [0, 0.05) is 12.1 Å². The van der Waals surface area contributed by atoms with Gasteiger partial charge in [0.25, 0.3) is 0 Å². The lowest BCUT2D eigenvalue weighted by atomic mass is 10.0. The lowest BCUT2D eigenvalue weighted by Crippen LogP contribution is -2.41. The molecule has 0 fully saturated rings. The summed E-state index contributed by atoms with van der Waals surface area (Å²) in [5.41, 5.74) is 7.10. The zero-order valence-corrected chi connectivity index (χ0v) is 17.3. The van der Waals surface area contributed by atoms with Crippen molar-refractivity contribution in [3.63, 3.8) is 0 Å². The summed E-state index contributed by atoms with van der Waals surface area (Å²) in [5.74, 6) is 0.328. The number of rotatable bonds is 4. The minimum absolute atomic E-state index is 0.144. The number of fused-ring (bicyclic) bond motifs is 1. The monoisotopic (exact) mass is 411 g/mol. The standard InChI is InChI=1S/C21H22FN5OS/c1-4-17-24-25-21-27(17)26-18(14-5-7-15(22)8-6-14)19(29-21)20(28)23-16-10-12(2)9-13(3)11-16/h5-11,18-19,26H,4H2,1-3H3,(H,23,28)/t18-,19+/m1/s1. The molecule has 1 aliphatic rings. The third kappa shape index (κ3) is 3.98. The van der Waals surface area contributed by atoms with Gasteiger partial charge in [0.05, 0.1) is 6.04 Å². The van der Waals surface area contributed by atoms with E-state index < -0.39 is 5.25 Å². The first-order valence-electron chi connectivity index (χ1n) is 9.46. The molecule has 29 heavy (non-hydrogen) atoms. The van der Waals surface area contributed by atoms with Crippen molar-refractivity contribution in [1.82, 2.24) is 14.9 Å². The predicted molar refractivity (Wildman–Crippen MR) is 112 cm³/mol. The molecule has 1 aliphatic heterocycles. The van der Waals surface area contributed by atoms with Crippen LogP contribution in [0.15, 0.2) is 47.6 Å². The van der Waals surface area contributed by atoms with Crippen LogP contribution < -0.4 is 10.7 Å². The molecule has 4 rings (SSSR count). The number of anilines is 1. The molecule has 0 saturated carbocycles. The molecule has 1 amide bonds. The number of carbonyl (C=O) groups excluding carboxylic acids is 1. The summed E-state index contributed by atoms with van der Waals surface area (Å²) in [4.78, 5) is 13.2. The van der Waals surface area contributed by atoms with E-state index >= 15 is 0 Å². The second-order valence-corrected chi connectivity index (χ2v) is 8.26. The Balaban J connectivity index is 1.67. The summed E-state index contributed by atoms with van der Waals surface area (Å²) in [5, 5.41) is 11.6. The SMILES string of the molecule is CCc1nnc2n1N[C@H](c1ccc(F)cc1)[C@@H](C(=O)Nc1cc(C)cc(C)c1)S2. The highest BCUT2D eigenvalue weighted by atomic mass is 32.2. The van der Waals surface area contributed by atoms with Gasteiger partial charge in [-0.25, -0.2) is 9.07 Å². The number of amides is 1. The van der Waals surface area contributed by atoms with Crippen LogP contribution in [0.2, 0.25) is 0 Å². The molecule has 0 saturated heterocycles. The van der Waals surface area contributed by atoms with Crippen LogP contribution in [-0.4, -0.2) is 26.0 Å². The van der Waals surface area contributed by atoms with Crippen LogP contribution in [0.5, 0.6) is 0 Å². The van der Waals surface area contributed by atoms with Crippen molar-refractivity contribution in [2.45, 2.75) is 43.6 Å². The quantitative estimate of drug-likeness (QED) is 0.679. The Morgan fingerprint density at radius 3 is 2.52 bits per heavy atom. The normalized spacial score (nSPS) is 18.1. The zero-order chi connectivity index (χ0) is 20.5. The molecule has 0 spiro atoms. The highest BCUT2D eigenvalue weighted by Gasteiger charge is 2.37. The summed E-state index contributed by atoms with van der Waals surface area (Å²) in [6, 6.07) is 11.8. The number of thioether (sulfide) groups is 1. The average Bonchev–Trinajstić information content (AvgIpc) is 3.09. The minimum atomic E-state index is -0.498. The molecular formula is C21H22FN5OS. The number of hydrogen-bond donors (Lipinski definition) is 2. The summed E-state index contributed by atoms with van der Waals surface area (Å²) in [6.45, 7) is 5.99. The molecule has 1 aromatic heterocycles. The van der Waals surface area contributed by atoms with Crippen LogP contribution in [-0.2, 0) is 11.2 Å². The molecule has 2 heterocycles. The first kappa shape index (κ1) is 19.4. The predicted octanol–water partition coefficient (Wildman–Crippen LogP) is 3.99. The molecule has 3 aromatic rings. The fraction of sp³-hybridized carbons (Fsp3) is 0.286. The number of halogens is 1. The fourth-order valence-corrected chi connectivity index (χ4v) is 4.61. The van der Waals surface area contributed by atoms with Crippen molar-refractivity contribution in [1.29, 1.82) is 0 Å². The summed E-state index contributed by atoms with van der Waals surface area (Å²) in [6.07, 6.45) is 0.704. The topological polar surface area (TPSA) is 71.8 Å². The van der Waals surface area contributed by atoms with E-state index in [1.54, 1.807) is 12.1 Å². The summed E-state index contributed by atoms with van der Waals surface area (Å²) < 4.78 is 15.3. The van der Waals surface area contributed by atoms with Crippen molar-refractivity contribution in [3.05, 3.63) is 70.8 Å². The Bertz CT molecular complexity index is 1030. The third-order valence-electron chi connectivity index (χ3n) is 4.80. The molecule has 0 aliphatic carbocycles. The van der Waals surface area contributed by atoms with Crippen LogP contribution in [0.25, 0.3) is 0 Å². The van der Waals surface area contributed by atoms with Gasteiger partial charge in [-0.2, -0.15) is 0 Å². The van der Waals surface area contributed by atoms with Crippen LogP contribution in [0, 0.1) is 19.7 Å². The zero-order valence-electron chi connectivity index (χ0n) is 16.4. The van der Waals surface area contributed by atoms with E-state index in [-0.39, 0.29) is 17.8 Å². The lowest BCUT2D eigenvalue weighted by molar-refractivity contribution is -0.116. The molecule has 2 aromatic carbocycles. The molecule has 0 bridgehead atoms. The highest BCUT2D eigenvalue weighted by molar-refractivity contribution is 8.00. The van der Waals surface area contributed by atoms with Crippen LogP contribution >= 0.6 is 11.8 Å². The molecule has 2 N–H and O–H groups in total. The minimum Gasteiger partial charge on any atom is -0.325 e. The molecule has 6 nitrogen and oxygen atoms in total. The molecular weight excluding hydrogens is 389 g/mol. The van der Waals surface area contributed by atoms with E-state index in [9.17, 15) is 9.18 Å². The summed E-state index contributed by atoms with van der Waals surface area (Å²) in [7, 11) is 0. The number of nitrogens with zero attached hydrogens (tertiary/aromatic N) is 3. The van der Waals surface area contributed by atoms with Crippen molar-refractivity contribution in [2.75, 3.05) is 10.7 Å². The van der Waals surface area contributed by atoms with Crippen molar-refractivity contribution >= 4 is 23.4 Å². The Morgan fingerprint density at radius 2 is 1.86 bits per heavy atom. The summed E-state index contributed by atoms with van der Waals surface area (Å²) >= 11 is 1.36. The van der Waals surface area contributed by atoms with E-state index in [0.29, 0.717) is 11.6 Å². The van der Waals surface area contributed by atoms with Crippen LogP contribution in [0.3, 0.4) is 0 Å². The molecule has 2 atom stereocenters. The Hall–Kier alpha value is -2.87. The largest absolute Gasteiger partial charge is 0.325 e. The maximum absolute atomic E-state index is 13.5. The van der Waals surface area contributed by atoms with E-state index in [1.165, 1.54) is 23.9 Å². The molecule has 8 heteroatoms. The van der Waals surface area contributed by atoms with Gasteiger partial charge >= 0.3 is 0 Å². The van der Waals surface area contributed by atoms with Gasteiger partial charge in [0.1, 0.15) is 11.1 Å². The van der Waals surface area contributed by atoms with Gasteiger partial charge in [0.15, 0.2) is 5.82 Å². The van der Waals surface area contributed by atoms with Crippen molar-refractivity contribution in [2.24, 2.45) is 0 Å². The maximum Gasteiger partial charge on any atom is 0.240 e. The third-order valence-corrected chi connectivity index (χ3v) is 6.01. The van der Waals surface area contributed by atoms with Gasteiger partial charge < -0.3 is 10.7 Å². The smallest absolute Gasteiger partial charge is 0.240 e. The fourth-order valence-electron chi connectivity index (χ4n) is 3.51. The molecule has 0 radical (unpaired) electrons. The van der Waals surface area contributed by atoms with Crippen molar-refractivity contribution in [3.8, 4) is 0 Å². The van der Waals surface area contributed by atoms with E-state index in [4.69, 9.17) is 0 Å². The van der Waals surface area contributed by atoms with Gasteiger partial charge in [-0.05, 0) is 54.8 Å². The van der Waals surface area contributed by atoms with E-state index in [1.807, 2.05) is 37.6 Å². The first-order chi connectivity index (χ1) is 13.9. The maximum atomic E-state index is 13.5. The number of benzene rings is 2. The Morgan fingerprint density at radius 1 is 1.17 bits per heavy atom. The number of hydrogen-bond acceptors (Lipinski definition) is 5. The molecule has 150 valence electrons. The molecule has 0 unspecified atom stereocenters. The number of nitrogens with one attached hydrogen (secondary N) is 2. The number of aromatic nitrogens is 3. The van der Waals surface area contributed by atoms with Gasteiger partial charge in [-0.1, -0.05) is 36.9 Å². The van der Waals surface area contributed by atoms with Crippen molar-refractivity contribution < 1.29 is 9.18 Å². The number of carbonyl (C=O) groups is 1. The Kier molecular flexibility index (Phi) is 5.27. The Labute approximate surface area is 172 Å². The first-order valence-corrected chi connectivity index (χ1v) is 10.3. The second-order valence-electron chi connectivity index (χ2n) is 7.15. The van der Waals surface area contributed by atoms with Gasteiger partial charge in [-0.15, -0.1) is 10.2 Å². The highest BCUT2D eigenvalue weighted by Crippen LogP contribution is 2.37. The van der Waals surface area contributed by atoms with Crippen LogP contribution in [0.4, 0.5) is 10.1 Å². The van der Waals surface area contributed by atoms with Crippen LogP contribution in [0.1, 0.15) is 35.5 Å². The second kappa shape index (κ2) is 7.87. The van der Waals surface area contributed by atoms with Gasteiger partial charge in [0.2, 0.25) is 11.1 Å². The lowest BCUT2D eigenvalue weighted by Gasteiger charge is -2.33. The average molecular weight is 412 g/mol.